The first kappa shape index (κ1) is 22.4. The summed E-state index contributed by atoms with van der Waals surface area (Å²) in [4.78, 5) is 23.5. The van der Waals surface area contributed by atoms with Gasteiger partial charge in [-0.05, 0) is 49.3 Å². The summed E-state index contributed by atoms with van der Waals surface area (Å²) in [5.74, 6) is 0.847. The summed E-state index contributed by atoms with van der Waals surface area (Å²) in [6.45, 7) is 1.49. The lowest BCUT2D eigenvalue weighted by Crippen LogP contribution is -2.21. The predicted octanol–water partition coefficient (Wildman–Crippen LogP) is 2.75. The van der Waals surface area contributed by atoms with Crippen LogP contribution in [0.2, 0.25) is 0 Å². The maximum atomic E-state index is 12.8. The fraction of sp³-hybridized carbons (Fsp3) is 0.250. The molecule has 3 heterocycles. The van der Waals surface area contributed by atoms with Crippen LogP contribution in [0, 0.1) is 0 Å². The highest BCUT2D eigenvalue weighted by molar-refractivity contribution is 6.05. The molecule has 0 unspecified atom stereocenters. The van der Waals surface area contributed by atoms with Crippen molar-refractivity contribution in [3.8, 4) is 11.1 Å². The number of benzene rings is 1. The number of rotatable bonds is 8. The van der Waals surface area contributed by atoms with Gasteiger partial charge in [-0.2, -0.15) is 5.10 Å². The van der Waals surface area contributed by atoms with Crippen molar-refractivity contribution in [3.05, 3.63) is 66.2 Å². The predicted molar refractivity (Wildman–Crippen MR) is 129 cm³/mol. The summed E-state index contributed by atoms with van der Waals surface area (Å²) >= 11 is 0. The monoisotopic (exact) mass is 445 g/mol. The van der Waals surface area contributed by atoms with Crippen LogP contribution in [0.3, 0.4) is 0 Å². The van der Waals surface area contributed by atoms with Crippen LogP contribution in [0.4, 0.5) is 11.6 Å². The van der Waals surface area contributed by atoms with Crippen molar-refractivity contribution in [1.82, 2.24) is 24.6 Å². The number of nitrogens with one attached hydrogen (secondary N) is 2. The van der Waals surface area contributed by atoms with Crippen molar-refractivity contribution >= 4 is 28.3 Å². The quantitative estimate of drug-likeness (QED) is 0.383. The molecular formula is C24H27N7O2. The number of carbonyl (C=O) groups is 1. The van der Waals surface area contributed by atoms with E-state index in [9.17, 15) is 9.90 Å². The molecule has 0 bridgehead atoms. The fourth-order valence-electron chi connectivity index (χ4n) is 3.53. The van der Waals surface area contributed by atoms with Crippen LogP contribution in [-0.4, -0.2) is 62.8 Å². The molecule has 0 fully saturated rings. The number of fused-ring (bicyclic) bond motifs is 1. The number of likely N-dealkylation sites (N-methyl/N-ethyl adjacent to an activating group) is 1. The Morgan fingerprint density at radius 3 is 2.70 bits per heavy atom. The summed E-state index contributed by atoms with van der Waals surface area (Å²) in [6.07, 6.45) is 5.08. The zero-order chi connectivity index (χ0) is 23.4. The Bertz CT molecular complexity index is 1280. The summed E-state index contributed by atoms with van der Waals surface area (Å²) in [5.41, 5.74) is 3.04. The molecule has 170 valence electrons. The molecule has 9 heteroatoms. The van der Waals surface area contributed by atoms with Gasteiger partial charge in [0.25, 0.3) is 5.91 Å². The van der Waals surface area contributed by atoms with Crippen LogP contribution in [0.5, 0.6) is 0 Å². The number of aliphatic hydroxyl groups is 1. The van der Waals surface area contributed by atoms with E-state index in [0.717, 1.165) is 40.7 Å². The zero-order valence-electron chi connectivity index (χ0n) is 18.9. The molecule has 0 aliphatic heterocycles. The molecule has 1 amide bonds. The third-order valence-electron chi connectivity index (χ3n) is 5.37. The van der Waals surface area contributed by atoms with Gasteiger partial charge in [0.2, 0.25) is 0 Å². The number of hydrogen-bond donors (Lipinski definition) is 3. The van der Waals surface area contributed by atoms with Crippen molar-refractivity contribution in [2.24, 2.45) is 7.05 Å². The third-order valence-corrected chi connectivity index (χ3v) is 5.37. The molecule has 1 aromatic carbocycles. The highest BCUT2D eigenvalue weighted by Crippen LogP contribution is 2.28. The van der Waals surface area contributed by atoms with Gasteiger partial charge < -0.3 is 20.6 Å². The van der Waals surface area contributed by atoms with Gasteiger partial charge in [-0.15, -0.1) is 0 Å². The lowest BCUT2D eigenvalue weighted by molar-refractivity contribution is 0.102. The standard InChI is InChI=1S/C24H27N7O2/c1-30(2)9-8-26-22-11-17(6-7-25-22)24(33)29-23-12-19-10-16(4-5-18(19)13-27-23)20-14-28-31(3)21(20)15-32/h4-7,10-14,32H,8-9,15H2,1-3H3,(H,25,26)(H,27,29,33). The van der Waals surface area contributed by atoms with Gasteiger partial charge in [0, 0.05) is 49.0 Å². The number of aliphatic hydroxyl groups excluding tert-OH is 1. The second-order valence-corrected chi connectivity index (χ2v) is 8.03. The Kier molecular flexibility index (Phi) is 6.62. The number of nitrogens with zero attached hydrogens (tertiary/aromatic N) is 5. The minimum absolute atomic E-state index is 0.0978. The second-order valence-electron chi connectivity index (χ2n) is 8.03. The van der Waals surface area contributed by atoms with Crippen molar-refractivity contribution in [2.45, 2.75) is 6.61 Å². The molecule has 33 heavy (non-hydrogen) atoms. The molecule has 0 atom stereocenters. The maximum Gasteiger partial charge on any atom is 0.257 e. The molecule has 0 radical (unpaired) electrons. The average molecular weight is 446 g/mol. The van der Waals surface area contributed by atoms with Crippen LogP contribution in [0.1, 0.15) is 16.1 Å². The van der Waals surface area contributed by atoms with E-state index in [2.05, 4.69) is 30.6 Å². The minimum Gasteiger partial charge on any atom is -0.390 e. The minimum atomic E-state index is -0.258. The van der Waals surface area contributed by atoms with E-state index < -0.39 is 0 Å². The van der Waals surface area contributed by atoms with E-state index in [0.29, 0.717) is 17.2 Å². The lowest BCUT2D eigenvalue weighted by Gasteiger charge is -2.11. The van der Waals surface area contributed by atoms with Gasteiger partial charge in [-0.25, -0.2) is 9.97 Å². The number of anilines is 2. The van der Waals surface area contributed by atoms with Gasteiger partial charge in [0.1, 0.15) is 11.6 Å². The fourth-order valence-corrected chi connectivity index (χ4v) is 3.53. The first-order chi connectivity index (χ1) is 15.9. The van der Waals surface area contributed by atoms with E-state index >= 15 is 0 Å². The first-order valence-corrected chi connectivity index (χ1v) is 10.6. The molecule has 0 spiro atoms. The SMILES string of the molecule is CN(C)CCNc1cc(C(=O)Nc2cc3cc(-c4cnn(C)c4CO)ccc3cn2)ccn1. The van der Waals surface area contributed by atoms with Crippen LogP contribution in [0.25, 0.3) is 21.9 Å². The summed E-state index contributed by atoms with van der Waals surface area (Å²) in [5, 5.41) is 21.9. The molecule has 0 saturated carbocycles. The molecule has 4 aromatic rings. The van der Waals surface area contributed by atoms with Crippen LogP contribution < -0.4 is 10.6 Å². The molecular weight excluding hydrogens is 418 g/mol. The zero-order valence-corrected chi connectivity index (χ0v) is 18.9. The number of pyridine rings is 2. The van der Waals surface area contributed by atoms with Crippen LogP contribution >= 0.6 is 0 Å². The number of aromatic nitrogens is 4. The topological polar surface area (TPSA) is 108 Å². The van der Waals surface area contributed by atoms with Crippen LogP contribution in [0.15, 0.2) is 55.0 Å². The van der Waals surface area contributed by atoms with Crippen molar-refractivity contribution in [2.75, 3.05) is 37.8 Å². The molecule has 0 aliphatic rings. The number of amides is 1. The molecule has 3 aromatic heterocycles. The van der Waals surface area contributed by atoms with E-state index in [4.69, 9.17) is 0 Å². The van der Waals surface area contributed by atoms with Gasteiger partial charge in [0.15, 0.2) is 0 Å². The molecule has 4 rings (SSSR count). The Hall–Kier alpha value is -3.82. The highest BCUT2D eigenvalue weighted by atomic mass is 16.3. The van der Waals surface area contributed by atoms with Gasteiger partial charge in [-0.1, -0.05) is 12.1 Å². The van der Waals surface area contributed by atoms with Crippen LogP contribution in [-0.2, 0) is 13.7 Å². The Morgan fingerprint density at radius 1 is 1.06 bits per heavy atom. The maximum absolute atomic E-state index is 12.8. The van der Waals surface area contributed by atoms with Crippen molar-refractivity contribution in [1.29, 1.82) is 0 Å². The summed E-state index contributed by atoms with van der Waals surface area (Å²) < 4.78 is 1.66. The Labute approximate surface area is 192 Å². The lowest BCUT2D eigenvalue weighted by atomic mass is 10.0. The largest absolute Gasteiger partial charge is 0.390 e. The average Bonchev–Trinajstić information content (AvgIpc) is 3.19. The van der Waals surface area contributed by atoms with E-state index in [1.807, 2.05) is 38.4 Å². The highest BCUT2D eigenvalue weighted by Gasteiger charge is 2.12. The molecule has 3 N–H and O–H groups in total. The third kappa shape index (κ3) is 5.16. The second kappa shape index (κ2) is 9.76. The van der Waals surface area contributed by atoms with Gasteiger partial charge >= 0.3 is 0 Å². The van der Waals surface area contributed by atoms with Crippen molar-refractivity contribution in [3.63, 3.8) is 0 Å². The number of carbonyl (C=O) groups excluding carboxylic acids is 1. The summed E-state index contributed by atoms with van der Waals surface area (Å²) in [7, 11) is 5.80. The smallest absolute Gasteiger partial charge is 0.257 e. The summed E-state index contributed by atoms with van der Waals surface area (Å²) in [6, 6.07) is 11.2. The number of hydrogen-bond acceptors (Lipinski definition) is 7. The first-order valence-electron chi connectivity index (χ1n) is 10.6. The normalized spacial score (nSPS) is 11.2. The Morgan fingerprint density at radius 2 is 1.91 bits per heavy atom. The van der Waals surface area contributed by atoms with Gasteiger partial charge in [-0.3, -0.25) is 9.48 Å². The molecule has 0 saturated heterocycles. The molecule has 0 aliphatic carbocycles. The van der Waals surface area contributed by atoms with Gasteiger partial charge in [0.05, 0.1) is 18.5 Å². The molecule has 9 nitrogen and oxygen atoms in total. The van der Waals surface area contributed by atoms with E-state index in [1.165, 1.54) is 0 Å². The van der Waals surface area contributed by atoms with E-state index in [-0.39, 0.29) is 12.5 Å². The number of aryl methyl sites for hydroxylation is 1. The Balaban J connectivity index is 1.53. The van der Waals surface area contributed by atoms with Crippen molar-refractivity contribution < 1.29 is 9.90 Å². The van der Waals surface area contributed by atoms with E-state index in [1.54, 1.807) is 42.5 Å².